The summed E-state index contributed by atoms with van der Waals surface area (Å²) in [6.07, 6.45) is -1.12. The Bertz CT molecular complexity index is 1710. The summed E-state index contributed by atoms with van der Waals surface area (Å²) >= 11 is 0. The first-order chi connectivity index (χ1) is 20.4. The number of aliphatic hydroxyl groups is 1. The van der Waals surface area contributed by atoms with E-state index in [9.17, 15) is 19.5 Å². The number of hydrogen-bond donors (Lipinski definition) is 5. The summed E-state index contributed by atoms with van der Waals surface area (Å²) in [5.74, 6) is -0.866. The van der Waals surface area contributed by atoms with Crippen molar-refractivity contribution in [2.24, 2.45) is 0 Å². The van der Waals surface area contributed by atoms with Gasteiger partial charge in [0.1, 0.15) is 0 Å². The summed E-state index contributed by atoms with van der Waals surface area (Å²) in [5, 5.41) is 22.4. The predicted octanol–water partition coefficient (Wildman–Crippen LogP) is 6.55. The highest BCUT2D eigenvalue weighted by Crippen LogP contribution is 2.23. The van der Waals surface area contributed by atoms with Gasteiger partial charge in [-0.25, -0.2) is 0 Å². The molecule has 0 aliphatic carbocycles. The summed E-state index contributed by atoms with van der Waals surface area (Å²) in [6, 6.07) is 38.2. The molecule has 5 N–H and O–H groups in total. The molecule has 5 aromatic rings. The van der Waals surface area contributed by atoms with Gasteiger partial charge in [0.15, 0.2) is 6.23 Å². The lowest BCUT2D eigenvalue weighted by Gasteiger charge is -2.16. The fraction of sp³-hybridized carbons (Fsp3) is 0.0294. The van der Waals surface area contributed by atoms with Crippen molar-refractivity contribution in [3.63, 3.8) is 0 Å². The standard InChI is InChI=1S/C34H28N4O4/c39-31(23-10-3-1-4-11-23)35-27-16-8-18-29(21-27)37-33(41)25-14-7-15-26(20-25)34(42)38-30-19-9-17-28(22-30)36-32(40)24-12-5-2-6-13-24/h1-22,33,37,41H,(H,35,39)(H,36,40)(H,38,42). The van der Waals surface area contributed by atoms with Crippen LogP contribution in [0.15, 0.2) is 133 Å². The van der Waals surface area contributed by atoms with Crippen molar-refractivity contribution in [2.75, 3.05) is 21.3 Å². The second kappa shape index (κ2) is 13.1. The van der Waals surface area contributed by atoms with E-state index >= 15 is 0 Å². The van der Waals surface area contributed by atoms with Crippen molar-refractivity contribution in [3.8, 4) is 0 Å². The maximum atomic E-state index is 13.0. The molecule has 0 heterocycles. The van der Waals surface area contributed by atoms with Gasteiger partial charge >= 0.3 is 0 Å². The molecule has 8 heteroatoms. The average molecular weight is 557 g/mol. The Morgan fingerprint density at radius 3 is 1.38 bits per heavy atom. The van der Waals surface area contributed by atoms with Crippen molar-refractivity contribution in [1.29, 1.82) is 0 Å². The number of rotatable bonds is 9. The van der Waals surface area contributed by atoms with Crippen LogP contribution in [0, 0.1) is 0 Å². The third-order valence-electron chi connectivity index (χ3n) is 6.34. The molecule has 1 unspecified atom stereocenters. The van der Waals surface area contributed by atoms with Gasteiger partial charge in [-0.2, -0.15) is 0 Å². The Morgan fingerprint density at radius 1 is 0.452 bits per heavy atom. The van der Waals surface area contributed by atoms with Crippen molar-refractivity contribution in [3.05, 3.63) is 156 Å². The van der Waals surface area contributed by atoms with E-state index in [0.717, 1.165) is 0 Å². The van der Waals surface area contributed by atoms with Crippen molar-refractivity contribution in [2.45, 2.75) is 6.23 Å². The Labute approximate surface area is 243 Å². The van der Waals surface area contributed by atoms with Crippen LogP contribution < -0.4 is 21.3 Å². The van der Waals surface area contributed by atoms with Crippen molar-refractivity contribution >= 4 is 40.5 Å². The number of anilines is 4. The predicted molar refractivity (Wildman–Crippen MR) is 165 cm³/mol. The molecule has 8 nitrogen and oxygen atoms in total. The zero-order valence-corrected chi connectivity index (χ0v) is 22.5. The molecule has 0 aromatic heterocycles. The lowest BCUT2D eigenvalue weighted by atomic mass is 10.1. The van der Waals surface area contributed by atoms with Gasteiger partial charge in [-0.3, -0.25) is 14.4 Å². The van der Waals surface area contributed by atoms with Gasteiger partial charge in [0, 0.05) is 45.0 Å². The maximum Gasteiger partial charge on any atom is 0.255 e. The van der Waals surface area contributed by atoms with Crippen molar-refractivity contribution < 1.29 is 19.5 Å². The van der Waals surface area contributed by atoms with Crippen LogP contribution in [0.2, 0.25) is 0 Å². The summed E-state index contributed by atoms with van der Waals surface area (Å²) in [6.45, 7) is 0. The van der Waals surface area contributed by atoms with E-state index in [0.29, 0.717) is 45.0 Å². The largest absolute Gasteiger partial charge is 0.369 e. The molecule has 0 aliphatic rings. The minimum absolute atomic E-state index is 0.240. The van der Waals surface area contributed by atoms with Crippen LogP contribution in [-0.4, -0.2) is 22.8 Å². The summed E-state index contributed by atoms with van der Waals surface area (Å²) in [5.41, 5.74) is 4.07. The monoisotopic (exact) mass is 556 g/mol. The molecule has 5 rings (SSSR count). The summed E-state index contributed by atoms with van der Waals surface area (Å²) < 4.78 is 0. The second-order valence-corrected chi connectivity index (χ2v) is 9.43. The zero-order chi connectivity index (χ0) is 29.3. The van der Waals surface area contributed by atoms with Gasteiger partial charge in [0.05, 0.1) is 0 Å². The van der Waals surface area contributed by atoms with Crippen molar-refractivity contribution in [1.82, 2.24) is 0 Å². The Balaban J connectivity index is 1.21. The third kappa shape index (κ3) is 7.26. The Kier molecular flexibility index (Phi) is 8.67. The van der Waals surface area contributed by atoms with Crippen LogP contribution in [0.4, 0.5) is 22.7 Å². The molecule has 0 saturated carbocycles. The van der Waals surface area contributed by atoms with E-state index in [1.807, 2.05) is 12.1 Å². The number of carbonyl (C=O) groups excluding carboxylic acids is 3. The molecule has 42 heavy (non-hydrogen) atoms. The molecule has 3 amide bonds. The zero-order valence-electron chi connectivity index (χ0n) is 22.5. The van der Waals surface area contributed by atoms with E-state index in [-0.39, 0.29) is 17.7 Å². The number of aliphatic hydroxyl groups excluding tert-OH is 1. The lowest BCUT2D eigenvalue weighted by Crippen LogP contribution is -2.15. The van der Waals surface area contributed by atoms with E-state index in [2.05, 4.69) is 21.3 Å². The van der Waals surface area contributed by atoms with Crippen LogP contribution in [-0.2, 0) is 0 Å². The SMILES string of the molecule is O=C(Nc1cccc(NC(=O)c2cccc(C(O)Nc3cccc(NC(=O)c4ccccc4)c3)c2)c1)c1ccccc1. The molecule has 0 spiro atoms. The highest BCUT2D eigenvalue weighted by molar-refractivity contribution is 6.06. The molecule has 0 bridgehead atoms. The first kappa shape index (κ1) is 27.8. The minimum Gasteiger partial charge on any atom is -0.369 e. The van der Waals surface area contributed by atoms with E-state index in [4.69, 9.17) is 0 Å². The number of benzene rings is 5. The Hall–Kier alpha value is -5.73. The fourth-order valence-corrected chi connectivity index (χ4v) is 4.24. The second-order valence-electron chi connectivity index (χ2n) is 9.43. The van der Waals surface area contributed by atoms with E-state index in [1.54, 1.807) is 121 Å². The first-order valence-corrected chi connectivity index (χ1v) is 13.2. The number of nitrogens with one attached hydrogen (secondary N) is 4. The van der Waals surface area contributed by atoms with Crippen LogP contribution in [0.3, 0.4) is 0 Å². The molecule has 0 radical (unpaired) electrons. The average Bonchev–Trinajstić information content (AvgIpc) is 3.02. The highest BCUT2D eigenvalue weighted by atomic mass is 16.3. The molecular weight excluding hydrogens is 528 g/mol. The maximum absolute atomic E-state index is 13.0. The molecule has 1 atom stereocenters. The quantitative estimate of drug-likeness (QED) is 0.132. The molecule has 0 aliphatic heterocycles. The normalized spacial score (nSPS) is 11.2. The van der Waals surface area contributed by atoms with Crippen LogP contribution in [0.5, 0.6) is 0 Å². The van der Waals surface area contributed by atoms with Gasteiger partial charge in [0.25, 0.3) is 17.7 Å². The summed E-state index contributed by atoms with van der Waals surface area (Å²) in [4.78, 5) is 38.0. The molecular formula is C34H28N4O4. The van der Waals surface area contributed by atoms with Gasteiger partial charge in [0.2, 0.25) is 0 Å². The first-order valence-electron chi connectivity index (χ1n) is 13.2. The van der Waals surface area contributed by atoms with Gasteiger partial charge in [-0.15, -0.1) is 0 Å². The minimum atomic E-state index is -1.12. The molecule has 208 valence electrons. The van der Waals surface area contributed by atoms with Crippen LogP contribution in [0.1, 0.15) is 42.9 Å². The van der Waals surface area contributed by atoms with E-state index in [1.165, 1.54) is 0 Å². The smallest absolute Gasteiger partial charge is 0.255 e. The van der Waals surface area contributed by atoms with Gasteiger partial charge in [-0.05, 0) is 72.8 Å². The highest BCUT2D eigenvalue weighted by Gasteiger charge is 2.13. The number of hydrogen-bond acceptors (Lipinski definition) is 5. The topological polar surface area (TPSA) is 120 Å². The Morgan fingerprint density at radius 2 is 0.857 bits per heavy atom. The molecule has 0 saturated heterocycles. The van der Waals surface area contributed by atoms with Gasteiger partial charge in [-0.1, -0.05) is 60.7 Å². The molecule has 5 aromatic carbocycles. The number of carbonyl (C=O) groups is 3. The number of amides is 3. The molecule has 0 fully saturated rings. The van der Waals surface area contributed by atoms with Crippen LogP contribution in [0.25, 0.3) is 0 Å². The van der Waals surface area contributed by atoms with Gasteiger partial charge < -0.3 is 26.4 Å². The lowest BCUT2D eigenvalue weighted by molar-refractivity contribution is 0.101. The third-order valence-corrected chi connectivity index (χ3v) is 6.34. The van der Waals surface area contributed by atoms with Crippen LogP contribution >= 0.6 is 0 Å². The van der Waals surface area contributed by atoms with E-state index < -0.39 is 6.23 Å². The summed E-state index contributed by atoms with van der Waals surface area (Å²) in [7, 11) is 0. The fourth-order valence-electron chi connectivity index (χ4n) is 4.24.